The van der Waals surface area contributed by atoms with Crippen LogP contribution in [0.1, 0.15) is 15.9 Å². The Hall–Kier alpha value is -1.50. The number of nitrogens with two attached hydrogens (primary N) is 1. The lowest BCUT2D eigenvalue weighted by Crippen LogP contribution is -2.30. The molecule has 0 fully saturated rings. The monoisotopic (exact) mass is 198 g/mol. The number of hydrogen-bond donors (Lipinski definition) is 4. The molecule has 5 N–H and O–H groups in total. The molecule has 0 radical (unpaired) electrons. The highest BCUT2D eigenvalue weighted by atomic mass is 16.5. The van der Waals surface area contributed by atoms with Gasteiger partial charge in [-0.2, -0.15) is 0 Å². The van der Waals surface area contributed by atoms with E-state index in [2.05, 4.69) is 4.98 Å². The summed E-state index contributed by atoms with van der Waals surface area (Å²) in [6.45, 7) is -0.892. The molecule has 1 rings (SSSR count). The topological polar surface area (TPSA) is 117 Å². The van der Waals surface area contributed by atoms with Crippen molar-refractivity contribution in [2.45, 2.75) is 5.79 Å². The summed E-state index contributed by atoms with van der Waals surface area (Å²) in [4.78, 5) is 14.3. The predicted molar refractivity (Wildman–Crippen MR) is 46.0 cm³/mol. The van der Waals surface area contributed by atoms with E-state index in [0.717, 1.165) is 12.3 Å². The molecule has 6 heteroatoms. The summed E-state index contributed by atoms with van der Waals surface area (Å²) in [5, 5.41) is 27.1. The van der Waals surface area contributed by atoms with E-state index < -0.39 is 18.3 Å². The molecule has 0 aliphatic carbocycles. The Bertz CT molecular complexity index is 351. The Balaban J connectivity index is 3.12. The van der Waals surface area contributed by atoms with Gasteiger partial charge >= 0.3 is 0 Å². The van der Waals surface area contributed by atoms with Crippen molar-refractivity contribution < 1.29 is 20.1 Å². The highest BCUT2D eigenvalue weighted by Gasteiger charge is 2.25. The van der Waals surface area contributed by atoms with Crippen molar-refractivity contribution >= 4 is 5.91 Å². The molecule has 0 aromatic carbocycles. The van der Waals surface area contributed by atoms with Crippen LogP contribution in [0.5, 0.6) is 0 Å². The van der Waals surface area contributed by atoms with Crippen molar-refractivity contribution in [1.29, 1.82) is 0 Å². The third-order valence-corrected chi connectivity index (χ3v) is 1.71. The fourth-order valence-electron chi connectivity index (χ4n) is 0.885. The van der Waals surface area contributed by atoms with Gasteiger partial charge < -0.3 is 21.1 Å². The smallest absolute Gasteiger partial charge is 0.250 e. The highest BCUT2D eigenvalue weighted by Crippen LogP contribution is 2.16. The molecular formula is C8H10N2O4. The summed E-state index contributed by atoms with van der Waals surface area (Å²) < 4.78 is 0. The summed E-state index contributed by atoms with van der Waals surface area (Å²) >= 11 is 0. The lowest BCUT2D eigenvalue weighted by atomic mass is 10.1. The number of hydrogen-bond acceptors (Lipinski definition) is 5. The van der Waals surface area contributed by atoms with Crippen LogP contribution in [-0.4, -0.2) is 32.8 Å². The van der Waals surface area contributed by atoms with Crippen LogP contribution in [0.3, 0.4) is 0 Å². The zero-order chi connectivity index (χ0) is 10.8. The molecule has 0 saturated heterocycles. The van der Waals surface area contributed by atoms with Gasteiger partial charge in [0.2, 0.25) is 11.7 Å². The Labute approximate surface area is 79.6 Å². The second kappa shape index (κ2) is 3.70. The number of amides is 1. The average Bonchev–Trinajstić information content (AvgIpc) is 2.18. The van der Waals surface area contributed by atoms with E-state index in [4.69, 9.17) is 10.8 Å². The minimum Gasteiger partial charge on any atom is -0.390 e. The van der Waals surface area contributed by atoms with E-state index in [1.54, 1.807) is 0 Å². The largest absolute Gasteiger partial charge is 0.390 e. The molecule has 0 atom stereocenters. The van der Waals surface area contributed by atoms with Gasteiger partial charge in [0.1, 0.15) is 6.61 Å². The fourth-order valence-corrected chi connectivity index (χ4v) is 0.885. The minimum atomic E-state index is -2.40. The summed E-state index contributed by atoms with van der Waals surface area (Å²) in [5.41, 5.74) is 4.92. The van der Waals surface area contributed by atoms with Crippen LogP contribution in [0.25, 0.3) is 0 Å². The number of carbonyl (C=O) groups excluding carboxylic acids is 1. The molecule has 0 aliphatic heterocycles. The fraction of sp³-hybridized carbons (Fsp3) is 0.250. The third-order valence-electron chi connectivity index (χ3n) is 1.71. The molecule has 1 heterocycles. The molecule has 1 aromatic rings. The van der Waals surface area contributed by atoms with E-state index >= 15 is 0 Å². The molecular weight excluding hydrogens is 188 g/mol. The molecule has 76 valence electrons. The summed E-state index contributed by atoms with van der Waals surface area (Å²) in [6.07, 6.45) is 2.32. The number of rotatable bonds is 3. The van der Waals surface area contributed by atoms with Crippen LogP contribution in [0.4, 0.5) is 0 Å². The lowest BCUT2D eigenvalue weighted by molar-refractivity contribution is -0.195. The first-order valence-corrected chi connectivity index (χ1v) is 3.78. The van der Waals surface area contributed by atoms with Crippen molar-refractivity contribution in [3.63, 3.8) is 0 Å². The summed E-state index contributed by atoms with van der Waals surface area (Å²) in [7, 11) is 0. The third kappa shape index (κ3) is 2.05. The summed E-state index contributed by atoms with van der Waals surface area (Å²) in [5.74, 6) is -3.13. The highest BCUT2D eigenvalue weighted by molar-refractivity contribution is 5.92. The van der Waals surface area contributed by atoms with E-state index in [-0.39, 0.29) is 11.1 Å². The van der Waals surface area contributed by atoms with Crippen molar-refractivity contribution in [2.24, 2.45) is 5.73 Å². The number of aromatic nitrogens is 1. The lowest BCUT2D eigenvalue weighted by Gasteiger charge is -2.18. The molecule has 0 aliphatic rings. The second-order valence-electron chi connectivity index (χ2n) is 2.80. The van der Waals surface area contributed by atoms with Crippen molar-refractivity contribution in [3.05, 3.63) is 29.6 Å². The normalized spacial score (nSPS) is 11.4. The predicted octanol–water partition coefficient (Wildman–Crippen LogP) is -1.69. The molecule has 6 nitrogen and oxygen atoms in total. The van der Waals surface area contributed by atoms with Gasteiger partial charge in [0.05, 0.1) is 5.56 Å². The Morgan fingerprint density at radius 3 is 2.64 bits per heavy atom. The number of nitrogens with zero attached hydrogens (tertiary/aromatic N) is 1. The Kier molecular flexibility index (Phi) is 2.80. The Morgan fingerprint density at radius 2 is 2.14 bits per heavy atom. The maximum Gasteiger partial charge on any atom is 0.250 e. The van der Waals surface area contributed by atoms with Gasteiger partial charge in [0, 0.05) is 18.0 Å². The van der Waals surface area contributed by atoms with Crippen LogP contribution >= 0.6 is 0 Å². The zero-order valence-electron chi connectivity index (χ0n) is 7.21. The van der Waals surface area contributed by atoms with Crippen LogP contribution in [-0.2, 0) is 5.79 Å². The van der Waals surface area contributed by atoms with E-state index in [1.807, 2.05) is 0 Å². The first-order chi connectivity index (χ1) is 6.47. The van der Waals surface area contributed by atoms with Gasteiger partial charge in [-0.1, -0.05) is 0 Å². The maximum atomic E-state index is 10.7. The maximum absolute atomic E-state index is 10.7. The van der Waals surface area contributed by atoms with Gasteiger partial charge in [-0.05, 0) is 6.07 Å². The van der Waals surface area contributed by atoms with Gasteiger partial charge in [0.25, 0.3) is 0 Å². The number of carbonyl (C=O) groups is 1. The molecule has 0 saturated carbocycles. The van der Waals surface area contributed by atoms with Gasteiger partial charge in [-0.3, -0.25) is 9.78 Å². The molecule has 0 unspecified atom stereocenters. The number of aliphatic hydroxyl groups is 3. The molecule has 14 heavy (non-hydrogen) atoms. The quantitative estimate of drug-likeness (QED) is 0.432. The zero-order valence-corrected chi connectivity index (χ0v) is 7.21. The molecule has 1 amide bonds. The van der Waals surface area contributed by atoms with Crippen LogP contribution in [0, 0.1) is 0 Å². The van der Waals surface area contributed by atoms with Gasteiger partial charge in [0.15, 0.2) is 0 Å². The van der Waals surface area contributed by atoms with Crippen molar-refractivity contribution in [3.8, 4) is 0 Å². The van der Waals surface area contributed by atoms with Crippen molar-refractivity contribution in [1.82, 2.24) is 4.98 Å². The van der Waals surface area contributed by atoms with E-state index in [0.29, 0.717) is 0 Å². The van der Waals surface area contributed by atoms with Crippen molar-refractivity contribution in [2.75, 3.05) is 6.61 Å². The van der Waals surface area contributed by atoms with Crippen LogP contribution in [0.2, 0.25) is 0 Å². The second-order valence-corrected chi connectivity index (χ2v) is 2.80. The standard InChI is InChI=1S/C8H10N2O4/c9-7(12)5-1-6(3-10-2-5)8(13,14)4-11/h1-3,11,13-14H,4H2,(H2,9,12). The number of primary amides is 1. The van der Waals surface area contributed by atoms with Gasteiger partial charge in [-0.15, -0.1) is 0 Å². The number of pyridine rings is 1. The molecule has 0 spiro atoms. The van der Waals surface area contributed by atoms with E-state index in [9.17, 15) is 15.0 Å². The van der Waals surface area contributed by atoms with Gasteiger partial charge in [-0.25, -0.2) is 0 Å². The Morgan fingerprint density at radius 1 is 1.50 bits per heavy atom. The molecule has 0 bridgehead atoms. The first-order valence-electron chi connectivity index (χ1n) is 3.78. The average molecular weight is 198 g/mol. The minimum absolute atomic E-state index is 0.0448. The molecule has 1 aromatic heterocycles. The number of aliphatic hydroxyl groups excluding tert-OH is 1. The first kappa shape index (κ1) is 10.6. The van der Waals surface area contributed by atoms with E-state index in [1.165, 1.54) is 6.20 Å². The SMILES string of the molecule is NC(=O)c1cncc(C(O)(O)CO)c1. The summed E-state index contributed by atoms with van der Waals surface area (Å²) in [6, 6.07) is 1.16. The van der Waals surface area contributed by atoms with Crippen LogP contribution in [0.15, 0.2) is 18.5 Å². The van der Waals surface area contributed by atoms with Crippen LogP contribution < -0.4 is 5.73 Å².